The number of hydrogen-bond donors (Lipinski definition) is 3. The zero-order chi connectivity index (χ0) is 14.4. The number of urea groups is 1. The second-order valence-electron chi connectivity index (χ2n) is 3.65. The fraction of sp³-hybridized carbons (Fsp3) is 0.0833. The van der Waals surface area contributed by atoms with Crippen LogP contribution in [0.15, 0.2) is 40.9 Å². The van der Waals surface area contributed by atoms with Crippen LogP contribution in [-0.2, 0) is 6.54 Å². The van der Waals surface area contributed by atoms with Crippen LogP contribution in [0.3, 0.4) is 0 Å². The average Bonchev–Trinajstić information content (AvgIpc) is 2.84. The highest BCUT2D eigenvalue weighted by Crippen LogP contribution is 2.16. The van der Waals surface area contributed by atoms with E-state index in [2.05, 4.69) is 20.4 Å². The van der Waals surface area contributed by atoms with Gasteiger partial charge in [-0.3, -0.25) is 5.32 Å². The van der Waals surface area contributed by atoms with Crippen LogP contribution in [0.1, 0.15) is 5.56 Å². The third-order valence-corrected chi connectivity index (χ3v) is 2.19. The molecule has 3 N–H and O–H groups in total. The minimum atomic E-state index is -1.53. The van der Waals surface area contributed by atoms with Gasteiger partial charge in [0.25, 0.3) is 0 Å². The molecule has 1 heterocycles. The largest absolute Gasteiger partial charge is 0.513 e. The molecule has 104 valence electrons. The molecule has 1 aromatic carbocycles. The van der Waals surface area contributed by atoms with Crippen LogP contribution in [0.5, 0.6) is 5.95 Å². The van der Waals surface area contributed by atoms with Gasteiger partial charge < -0.3 is 19.6 Å². The maximum atomic E-state index is 11.5. The molecule has 20 heavy (non-hydrogen) atoms. The summed E-state index contributed by atoms with van der Waals surface area (Å²) < 4.78 is 9.05. The highest BCUT2D eigenvalue weighted by Gasteiger charge is 2.10. The summed E-state index contributed by atoms with van der Waals surface area (Å²) in [5, 5.41) is 13.3. The summed E-state index contributed by atoms with van der Waals surface area (Å²) in [6, 6.07) is 8.63. The Labute approximate surface area is 113 Å². The van der Waals surface area contributed by atoms with Crippen molar-refractivity contribution in [1.29, 1.82) is 0 Å². The topological polar surface area (TPSA) is 114 Å². The van der Waals surface area contributed by atoms with Gasteiger partial charge in [-0.05, 0) is 5.56 Å². The predicted molar refractivity (Wildman–Crippen MR) is 67.5 cm³/mol. The van der Waals surface area contributed by atoms with E-state index in [0.29, 0.717) is 6.54 Å². The van der Waals surface area contributed by atoms with Crippen molar-refractivity contribution in [2.45, 2.75) is 6.54 Å². The summed E-state index contributed by atoms with van der Waals surface area (Å²) in [7, 11) is 0. The fourth-order valence-electron chi connectivity index (χ4n) is 1.37. The molecule has 0 saturated heterocycles. The van der Waals surface area contributed by atoms with Crippen LogP contribution < -0.4 is 15.4 Å². The van der Waals surface area contributed by atoms with E-state index in [1.54, 1.807) is 0 Å². The average molecular weight is 277 g/mol. The molecule has 8 heteroatoms. The Morgan fingerprint density at radius 1 is 1.30 bits per heavy atom. The Balaban J connectivity index is 1.82. The molecule has 0 unspecified atom stereocenters. The number of amides is 2. The molecule has 1 aromatic heterocycles. The van der Waals surface area contributed by atoms with E-state index in [1.165, 1.54) is 0 Å². The van der Waals surface area contributed by atoms with E-state index in [9.17, 15) is 9.59 Å². The van der Waals surface area contributed by atoms with E-state index in [0.717, 1.165) is 11.8 Å². The lowest BCUT2D eigenvalue weighted by Gasteiger charge is -2.04. The lowest BCUT2D eigenvalue weighted by Crippen LogP contribution is -2.28. The minimum Gasteiger partial charge on any atom is -0.449 e. The SMILES string of the molecule is O=C(NCc1ccccc1)Nc1ncc(OC(=O)O)o1. The maximum Gasteiger partial charge on any atom is 0.513 e. The number of anilines is 1. The quantitative estimate of drug-likeness (QED) is 0.737. The third-order valence-electron chi connectivity index (χ3n) is 2.19. The molecule has 0 bridgehead atoms. The number of carbonyl (C=O) groups excluding carboxylic acids is 1. The van der Waals surface area contributed by atoms with Gasteiger partial charge in [0.1, 0.15) is 6.20 Å². The molecule has 0 radical (unpaired) electrons. The first-order valence-electron chi connectivity index (χ1n) is 5.59. The van der Waals surface area contributed by atoms with Crippen molar-refractivity contribution < 1.29 is 23.8 Å². The minimum absolute atomic E-state index is 0.160. The molecule has 0 atom stereocenters. The van der Waals surface area contributed by atoms with Crippen molar-refractivity contribution in [3.05, 3.63) is 42.1 Å². The Morgan fingerprint density at radius 2 is 2.05 bits per heavy atom. The van der Waals surface area contributed by atoms with Gasteiger partial charge in [-0.1, -0.05) is 30.3 Å². The predicted octanol–water partition coefficient (Wildman–Crippen LogP) is 2.05. The molecule has 2 rings (SSSR count). The summed E-state index contributed by atoms with van der Waals surface area (Å²) in [5.41, 5.74) is 0.935. The summed E-state index contributed by atoms with van der Waals surface area (Å²) in [6.45, 7) is 0.339. The number of carboxylic acid groups (broad SMARTS) is 1. The van der Waals surface area contributed by atoms with Crippen LogP contribution in [0, 0.1) is 0 Å². The van der Waals surface area contributed by atoms with Crippen LogP contribution in [-0.4, -0.2) is 22.3 Å². The molecule has 0 aliphatic carbocycles. The lowest BCUT2D eigenvalue weighted by molar-refractivity contribution is 0.133. The fourth-order valence-corrected chi connectivity index (χ4v) is 1.37. The van der Waals surface area contributed by atoms with Crippen molar-refractivity contribution >= 4 is 18.2 Å². The van der Waals surface area contributed by atoms with Gasteiger partial charge in [0.05, 0.1) is 0 Å². The Kier molecular flexibility index (Phi) is 4.17. The first-order chi connectivity index (χ1) is 9.63. The summed E-state index contributed by atoms with van der Waals surface area (Å²) in [5.74, 6) is -0.323. The lowest BCUT2D eigenvalue weighted by atomic mass is 10.2. The molecule has 2 amide bonds. The number of oxazole rings is 1. The van der Waals surface area contributed by atoms with Gasteiger partial charge in [-0.2, -0.15) is 4.98 Å². The number of nitrogens with one attached hydrogen (secondary N) is 2. The van der Waals surface area contributed by atoms with E-state index < -0.39 is 12.2 Å². The zero-order valence-corrected chi connectivity index (χ0v) is 10.2. The van der Waals surface area contributed by atoms with Gasteiger partial charge in [0.2, 0.25) is 0 Å². The van der Waals surface area contributed by atoms with E-state index in [1.807, 2.05) is 30.3 Å². The molecule has 2 aromatic rings. The van der Waals surface area contributed by atoms with Gasteiger partial charge >= 0.3 is 24.1 Å². The highest BCUT2D eigenvalue weighted by molar-refractivity contribution is 5.86. The molecule has 8 nitrogen and oxygen atoms in total. The van der Waals surface area contributed by atoms with Crippen LogP contribution in [0.25, 0.3) is 0 Å². The second-order valence-corrected chi connectivity index (χ2v) is 3.65. The molecular weight excluding hydrogens is 266 g/mol. The van der Waals surface area contributed by atoms with E-state index in [4.69, 9.17) is 9.52 Å². The van der Waals surface area contributed by atoms with E-state index in [-0.39, 0.29) is 12.0 Å². The number of ether oxygens (including phenoxy) is 1. The van der Waals surface area contributed by atoms with E-state index >= 15 is 0 Å². The Hall–Kier alpha value is -3.03. The second kappa shape index (κ2) is 6.23. The molecular formula is C12H11N3O5. The van der Waals surface area contributed by atoms with Crippen molar-refractivity contribution in [2.75, 3.05) is 5.32 Å². The molecule has 0 saturated carbocycles. The Morgan fingerprint density at radius 3 is 2.75 bits per heavy atom. The highest BCUT2D eigenvalue weighted by atomic mass is 16.7. The molecule has 0 spiro atoms. The Bertz CT molecular complexity index is 596. The molecule has 0 fully saturated rings. The van der Waals surface area contributed by atoms with Crippen LogP contribution >= 0.6 is 0 Å². The first-order valence-corrected chi connectivity index (χ1v) is 5.59. The molecule has 0 aliphatic heterocycles. The van der Waals surface area contributed by atoms with Crippen molar-refractivity contribution in [3.63, 3.8) is 0 Å². The summed E-state index contributed by atoms with van der Waals surface area (Å²) in [6.07, 6.45) is -0.484. The summed E-state index contributed by atoms with van der Waals surface area (Å²) >= 11 is 0. The monoisotopic (exact) mass is 277 g/mol. The van der Waals surface area contributed by atoms with Crippen molar-refractivity contribution in [1.82, 2.24) is 10.3 Å². The van der Waals surface area contributed by atoms with Gasteiger partial charge in [-0.25, -0.2) is 9.59 Å². The number of nitrogens with zero attached hydrogens (tertiary/aromatic N) is 1. The van der Waals surface area contributed by atoms with Crippen LogP contribution in [0.2, 0.25) is 0 Å². The standard InChI is InChI=1S/C12H11N3O5/c16-10(13-6-8-4-2-1-3-5-8)15-11-14-7-9(19-11)20-12(17)18/h1-5,7H,6H2,(H,17,18)(H2,13,14,15,16). The zero-order valence-electron chi connectivity index (χ0n) is 10.2. The first kappa shape index (κ1) is 13.4. The summed E-state index contributed by atoms with van der Waals surface area (Å²) in [4.78, 5) is 25.4. The van der Waals surface area contributed by atoms with Gasteiger partial charge in [0.15, 0.2) is 0 Å². The number of rotatable bonds is 4. The molecule has 0 aliphatic rings. The number of hydrogen-bond acceptors (Lipinski definition) is 5. The number of aromatic nitrogens is 1. The third kappa shape index (κ3) is 4.02. The van der Waals surface area contributed by atoms with Gasteiger partial charge in [0, 0.05) is 6.54 Å². The number of benzene rings is 1. The normalized spacial score (nSPS) is 9.80. The number of carbonyl (C=O) groups is 2. The van der Waals surface area contributed by atoms with Crippen LogP contribution in [0.4, 0.5) is 15.6 Å². The smallest absolute Gasteiger partial charge is 0.449 e. The van der Waals surface area contributed by atoms with Crippen molar-refractivity contribution in [3.8, 4) is 5.95 Å². The maximum absolute atomic E-state index is 11.5. The van der Waals surface area contributed by atoms with Crippen molar-refractivity contribution in [2.24, 2.45) is 0 Å². The van der Waals surface area contributed by atoms with Gasteiger partial charge in [-0.15, -0.1) is 0 Å².